The Morgan fingerprint density at radius 2 is 0.758 bits per heavy atom. The van der Waals surface area contributed by atoms with Gasteiger partial charge in [0.1, 0.15) is 0 Å². The van der Waals surface area contributed by atoms with E-state index in [1.54, 1.807) is 6.26 Å². The number of fused-ring (bicyclic) bond motifs is 16. The molecule has 0 amide bonds. The average Bonchev–Trinajstić information content (AvgIpc) is 4.16. The molecule has 4 aliphatic carbocycles. The minimum Gasteiger partial charge on any atom is -0.465 e. The number of aliphatic hydroxyl groups is 1. The molecule has 0 fully saturated rings. The van der Waals surface area contributed by atoms with Crippen LogP contribution in [0.1, 0.15) is 64.1 Å². The van der Waals surface area contributed by atoms with Crippen molar-refractivity contribution in [2.24, 2.45) is 0 Å². The van der Waals surface area contributed by atoms with Gasteiger partial charge in [-0.3, -0.25) is 0 Å². The summed E-state index contributed by atoms with van der Waals surface area (Å²) < 4.78 is 6.32. The molecule has 1 spiro atoms. The van der Waals surface area contributed by atoms with Gasteiger partial charge in [-0.05, 0) is 126 Å². The summed E-state index contributed by atoms with van der Waals surface area (Å²) in [6.07, 6.45) is 1.70. The number of anilines is 3. The maximum absolute atomic E-state index is 12.9. The van der Waals surface area contributed by atoms with Crippen molar-refractivity contribution in [1.82, 2.24) is 0 Å². The number of rotatable bonds is 5. The third-order valence-corrected chi connectivity index (χ3v) is 15.4. The maximum atomic E-state index is 12.9. The van der Waals surface area contributed by atoms with Crippen molar-refractivity contribution in [3.63, 3.8) is 0 Å². The molecule has 0 radical (unpaired) electrons. The van der Waals surface area contributed by atoms with Crippen LogP contribution < -0.4 is 4.90 Å². The number of hydrogen-bond donors (Lipinski definition) is 1. The first-order valence-electron chi connectivity index (χ1n) is 23.0. The second kappa shape index (κ2) is 13.3. The number of hydrogen-bond acceptors (Lipinski definition) is 3. The molecule has 66 heavy (non-hydrogen) atoms. The highest BCUT2D eigenvalue weighted by Gasteiger charge is 2.52. The zero-order valence-electron chi connectivity index (χ0n) is 36.6. The molecule has 4 aliphatic rings. The van der Waals surface area contributed by atoms with Crippen molar-refractivity contribution in [2.45, 2.75) is 30.3 Å². The number of benzene rings is 9. The molecule has 0 saturated carbocycles. The second-order valence-electron chi connectivity index (χ2n) is 18.9. The summed E-state index contributed by atoms with van der Waals surface area (Å²) in [6, 6.07) is 77.0. The zero-order chi connectivity index (χ0) is 43.9. The summed E-state index contributed by atoms with van der Waals surface area (Å²) in [6.45, 7) is 4.70. The fourth-order valence-corrected chi connectivity index (χ4v) is 12.6. The van der Waals surface area contributed by atoms with Crippen LogP contribution in [0.2, 0.25) is 0 Å². The third-order valence-electron chi connectivity index (χ3n) is 15.4. The monoisotopic (exact) mass is 845 g/mol. The predicted octanol–water partition coefficient (Wildman–Crippen LogP) is 15.3. The van der Waals surface area contributed by atoms with Crippen molar-refractivity contribution < 1.29 is 9.52 Å². The van der Waals surface area contributed by atoms with E-state index in [1.165, 1.54) is 66.8 Å². The maximum Gasteiger partial charge on any atom is 0.174 e. The zero-order valence-corrected chi connectivity index (χ0v) is 36.6. The van der Waals surface area contributed by atoms with E-state index >= 15 is 0 Å². The van der Waals surface area contributed by atoms with Gasteiger partial charge in [-0.1, -0.05) is 184 Å². The topological polar surface area (TPSA) is 36.6 Å². The SMILES string of the molecule is CC1(C)c2ccccc2-c2ccc(N(c3ccc(-c4ccoc4C4(O)c5ccccc5-c5ccccc54)cc3)c3ccc4c(c3)-c3ccccc3C43c4ccccc4-c4ccccc43)cc21. The molecule has 14 rings (SSSR count). The quantitative estimate of drug-likeness (QED) is 0.187. The van der Waals surface area contributed by atoms with E-state index in [9.17, 15) is 5.11 Å². The van der Waals surface area contributed by atoms with Crippen LogP contribution in [-0.4, -0.2) is 5.11 Å². The van der Waals surface area contributed by atoms with Gasteiger partial charge in [0.15, 0.2) is 11.4 Å². The summed E-state index contributed by atoms with van der Waals surface area (Å²) in [7, 11) is 0. The lowest BCUT2D eigenvalue weighted by Gasteiger charge is -2.31. The minimum absolute atomic E-state index is 0.167. The lowest BCUT2D eigenvalue weighted by atomic mass is 9.70. The molecular weight excluding hydrogens is 803 g/mol. The van der Waals surface area contributed by atoms with E-state index in [0.717, 1.165) is 50.4 Å². The van der Waals surface area contributed by atoms with E-state index in [4.69, 9.17) is 4.42 Å². The molecule has 1 aromatic heterocycles. The van der Waals surface area contributed by atoms with E-state index in [-0.39, 0.29) is 5.41 Å². The van der Waals surface area contributed by atoms with Crippen LogP contribution >= 0.6 is 0 Å². The summed E-state index contributed by atoms with van der Waals surface area (Å²) in [5, 5.41) is 12.9. The van der Waals surface area contributed by atoms with Crippen LogP contribution in [0, 0.1) is 0 Å². The molecule has 0 aliphatic heterocycles. The number of furan rings is 1. The molecule has 0 atom stereocenters. The Kier molecular flexibility index (Phi) is 7.53. The van der Waals surface area contributed by atoms with Crippen molar-refractivity contribution in [3.8, 4) is 55.6 Å². The Hall–Kier alpha value is -7.98. The Balaban J connectivity index is 0.943. The summed E-state index contributed by atoms with van der Waals surface area (Å²) in [5.41, 5.74) is 22.4. The Bertz CT molecular complexity index is 3570. The normalized spacial score (nSPS) is 15.3. The van der Waals surface area contributed by atoms with Crippen molar-refractivity contribution >= 4 is 17.1 Å². The fraction of sp³-hybridized carbons (Fsp3) is 0.0794. The number of nitrogens with zero attached hydrogens (tertiary/aromatic N) is 1. The van der Waals surface area contributed by atoms with E-state index in [0.29, 0.717) is 5.76 Å². The molecule has 9 aromatic carbocycles. The van der Waals surface area contributed by atoms with Gasteiger partial charge < -0.3 is 14.4 Å². The molecular formula is C63H43NO2. The molecule has 10 aromatic rings. The van der Waals surface area contributed by atoms with E-state index < -0.39 is 11.0 Å². The molecule has 0 saturated heterocycles. The lowest BCUT2D eigenvalue weighted by Crippen LogP contribution is -2.26. The molecule has 0 bridgehead atoms. The largest absolute Gasteiger partial charge is 0.465 e. The van der Waals surface area contributed by atoms with Gasteiger partial charge in [0, 0.05) is 39.2 Å². The van der Waals surface area contributed by atoms with E-state index in [2.05, 4.69) is 189 Å². The molecule has 312 valence electrons. The first-order chi connectivity index (χ1) is 32.4. The van der Waals surface area contributed by atoms with Gasteiger partial charge in [-0.15, -0.1) is 0 Å². The molecule has 1 heterocycles. The lowest BCUT2D eigenvalue weighted by molar-refractivity contribution is 0.104. The summed E-state index contributed by atoms with van der Waals surface area (Å²) >= 11 is 0. The van der Waals surface area contributed by atoms with Gasteiger partial charge in [0.05, 0.1) is 11.7 Å². The van der Waals surface area contributed by atoms with Crippen LogP contribution in [0.15, 0.2) is 223 Å². The van der Waals surface area contributed by atoms with Crippen LogP contribution in [0.4, 0.5) is 17.1 Å². The Morgan fingerprint density at radius 1 is 0.348 bits per heavy atom. The van der Waals surface area contributed by atoms with E-state index in [1.807, 2.05) is 42.5 Å². The average molecular weight is 846 g/mol. The van der Waals surface area contributed by atoms with Crippen LogP contribution in [0.3, 0.4) is 0 Å². The van der Waals surface area contributed by atoms with Crippen molar-refractivity contribution in [2.75, 3.05) is 4.90 Å². The molecule has 3 heteroatoms. The smallest absolute Gasteiger partial charge is 0.174 e. The van der Waals surface area contributed by atoms with Gasteiger partial charge in [-0.25, -0.2) is 0 Å². The van der Waals surface area contributed by atoms with Gasteiger partial charge >= 0.3 is 0 Å². The summed E-state index contributed by atoms with van der Waals surface area (Å²) in [5.74, 6) is 0.520. The minimum atomic E-state index is -1.44. The first kappa shape index (κ1) is 37.4. The van der Waals surface area contributed by atoms with Crippen LogP contribution in [0.25, 0.3) is 55.6 Å². The van der Waals surface area contributed by atoms with Crippen LogP contribution in [0.5, 0.6) is 0 Å². The van der Waals surface area contributed by atoms with Crippen molar-refractivity contribution in [3.05, 3.63) is 269 Å². The van der Waals surface area contributed by atoms with Crippen LogP contribution in [-0.2, 0) is 16.4 Å². The highest BCUT2D eigenvalue weighted by molar-refractivity contribution is 5.97. The molecule has 1 N–H and O–H groups in total. The Morgan fingerprint density at radius 3 is 1.33 bits per heavy atom. The summed E-state index contributed by atoms with van der Waals surface area (Å²) in [4.78, 5) is 2.42. The van der Waals surface area contributed by atoms with Gasteiger partial charge in [0.25, 0.3) is 0 Å². The van der Waals surface area contributed by atoms with Gasteiger partial charge in [-0.2, -0.15) is 0 Å². The highest BCUT2D eigenvalue weighted by Crippen LogP contribution is 2.63. The standard InChI is InChI=1S/C63H43NO2/c1-61(2)52-21-9-3-15-44(52)50-33-31-42(38-59(50)61)64(40-29-27-39(28-30-40)43-35-36-66-60(43)63(65)57-25-13-7-18-47(57)48-19-8-14-26-58(48)63)41-32-34-56-51(37-41)49-20-6-12-24-55(49)62(56)53-22-10-4-16-45(53)46-17-5-11-23-54(46)62/h3-38,65H,1-2H3. The van der Waals surface area contributed by atoms with Gasteiger partial charge in [0.2, 0.25) is 0 Å². The molecule has 3 nitrogen and oxygen atoms in total. The highest BCUT2D eigenvalue weighted by atomic mass is 16.4. The fourth-order valence-electron chi connectivity index (χ4n) is 12.6. The second-order valence-corrected chi connectivity index (χ2v) is 18.9. The third kappa shape index (κ3) is 4.70. The molecule has 0 unspecified atom stereocenters. The Labute approximate surface area is 384 Å². The predicted molar refractivity (Wildman–Crippen MR) is 267 cm³/mol. The first-order valence-corrected chi connectivity index (χ1v) is 23.0. The van der Waals surface area contributed by atoms with Crippen molar-refractivity contribution in [1.29, 1.82) is 0 Å².